The van der Waals surface area contributed by atoms with Crippen LogP contribution in [0.3, 0.4) is 0 Å². The number of rotatable bonds is 4. The van der Waals surface area contributed by atoms with Crippen LogP contribution in [0.15, 0.2) is 18.2 Å². The van der Waals surface area contributed by atoms with Gasteiger partial charge in [-0.25, -0.2) is 4.39 Å². The molecule has 2 aromatic rings. The van der Waals surface area contributed by atoms with Crippen LogP contribution in [0.1, 0.15) is 28.9 Å². The van der Waals surface area contributed by atoms with Gasteiger partial charge in [-0.05, 0) is 18.6 Å². The summed E-state index contributed by atoms with van der Waals surface area (Å²) in [6.45, 7) is 1.73. The predicted molar refractivity (Wildman–Crippen MR) is 104 cm³/mol. The predicted octanol–water partition coefficient (Wildman–Crippen LogP) is 3.01. The maximum absolute atomic E-state index is 14.2. The number of morpholine rings is 1. The normalized spacial score (nSPS) is 19.4. The highest BCUT2D eigenvalue weighted by Gasteiger charge is 2.41. The molecule has 2 aliphatic rings. The summed E-state index contributed by atoms with van der Waals surface area (Å²) in [7, 11) is 0. The first-order chi connectivity index (χ1) is 14.7. The van der Waals surface area contributed by atoms with E-state index < -0.39 is 17.7 Å². The van der Waals surface area contributed by atoms with Gasteiger partial charge in [0.25, 0.3) is 0 Å². The van der Waals surface area contributed by atoms with Gasteiger partial charge in [0.2, 0.25) is 5.91 Å². The highest BCUT2D eigenvalue weighted by atomic mass is 35.5. The van der Waals surface area contributed by atoms with Crippen LogP contribution in [0.25, 0.3) is 0 Å². The van der Waals surface area contributed by atoms with Gasteiger partial charge in [0, 0.05) is 35.8 Å². The summed E-state index contributed by atoms with van der Waals surface area (Å²) in [6.07, 6.45) is -4.72. The van der Waals surface area contributed by atoms with Crippen LogP contribution in [0.4, 0.5) is 17.6 Å². The third-order valence-electron chi connectivity index (χ3n) is 5.50. The first kappa shape index (κ1) is 22.0. The standard InChI is InChI=1S/C20H21ClF4N4O2/c21-13-2-1-12(16(22)7-13)10-29-17-11-28(18(30)8-14-9-26-4-6-31-14)5-3-15(17)19(27-29)20(23,24)25/h1-2,7,14,26H,3-6,8-11H2. The minimum absolute atomic E-state index is 0.0212. The zero-order valence-electron chi connectivity index (χ0n) is 16.5. The summed E-state index contributed by atoms with van der Waals surface area (Å²) in [5, 5.41) is 7.09. The lowest BCUT2D eigenvalue weighted by Crippen LogP contribution is -2.44. The lowest BCUT2D eigenvalue weighted by molar-refractivity contribution is -0.142. The molecule has 1 amide bonds. The molecule has 0 saturated carbocycles. The van der Waals surface area contributed by atoms with E-state index >= 15 is 0 Å². The van der Waals surface area contributed by atoms with Crippen molar-refractivity contribution in [3.8, 4) is 0 Å². The molecule has 3 heterocycles. The second kappa shape index (κ2) is 8.76. The Morgan fingerprint density at radius 2 is 2.16 bits per heavy atom. The molecule has 1 unspecified atom stereocenters. The highest BCUT2D eigenvalue weighted by Crippen LogP contribution is 2.35. The van der Waals surface area contributed by atoms with Gasteiger partial charge in [-0.3, -0.25) is 9.48 Å². The third kappa shape index (κ3) is 4.86. The van der Waals surface area contributed by atoms with Crippen molar-refractivity contribution in [1.82, 2.24) is 20.0 Å². The fourth-order valence-corrected chi connectivity index (χ4v) is 4.10. The smallest absolute Gasteiger partial charge is 0.375 e. The van der Waals surface area contributed by atoms with Crippen LogP contribution in [0.2, 0.25) is 5.02 Å². The summed E-state index contributed by atoms with van der Waals surface area (Å²) in [5.74, 6) is -0.825. The van der Waals surface area contributed by atoms with Gasteiger partial charge in [0.1, 0.15) is 5.82 Å². The Hall–Kier alpha value is -2.17. The molecule has 11 heteroatoms. The quantitative estimate of drug-likeness (QED) is 0.713. The van der Waals surface area contributed by atoms with Crippen LogP contribution in [0, 0.1) is 5.82 Å². The van der Waals surface area contributed by atoms with Crippen molar-refractivity contribution in [2.45, 2.75) is 38.2 Å². The van der Waals surface area contributed by atoms with Gasteiger partial charge in [-0.2, -0.15) is 18.3 Å². The van der Waals surface area contributed by atoms with E-state index in [0.29, 0.717) is 13.2 Å². The number of carbonyl (C=O) groups is 1. The number of amides is 1. The minimum Gasteiger partial charge on any atom is -0.375 e. The lowest BCUT2D eigenvalue weighted by atomic mass is 10.0. The number of alkyl halides is 3. The topological polar surface area (TPSA) is 59.4 Å². The third-order valence-corrected chi connectivity index (χ3v) is 5.74. The maximum Gasteiger partial charge on any atom is 0.435 e. The number of benzene rings is 1. The van der Waals surface area contributed by atoms with E-state index in [1.807, 2.05) is 0 Å². The van der Waals surface area contributed by atoms with Crippen molar-refractivity contribution in [2.75, 3.05) is 26.2 Å². The zero-order chi connectivity index (χ0) is 22.2. The molecular formula is C20H21ClF4N4O2. The summed E-state index contributed by atoms with van der Waals surface area (Å²) in [5.41, 5.74) is -0.497. The number of hydrogen-bond acceptors (Lipinski definition) is 4. The monoisotopic (exact) mass is 460 g/mol. The van der Waals surface area contributed by atoms with Gasteiger partial charge < -0.3 is 15.0 Å². The molecule has 1 aromatic heterocycles. The summed E-state index contributed by atoms with van der Waals surface area (Å²) >= 11 is 5.76. The lowest BCUT2D eigenvalue weighted by Gasteiger charge is -2.30. The SMILES string of the molecule is O=C(CC1CNCCO1)N1CCc2c(C(F)(F)F)nn(Cc3ccc(Cl)cc3F)c2C1. The van der Waals surface area contributed by atoms with E-state index in [9.17, 15) is 22.4 Å². The number of halogens is 5. The van der Waals surface area contributed by atoms with E-state index in [-0.39, 0.29) is 66.3 Å². The number of nitrogens with one attached hydrogen (secondary N) is 1. The van der Waals surface area contributed by atoms with Crippen LogP contribution in [-0.2, 0) is 35.2 Å². The molecule has 0 spiro atoms. The number of ether oxygens (including phenoxy) is 1. The molecule has 31 heavy (non-hydrogen) atoms. The minimum atomic E-state index is -4.64. The number of aromatic nitrogens is 2. The number of carbonyl (C=O) groups excluding carboxylic acids is 1. The Morgan fingerprint density at radius 3 is 2.84 bits per heavy atom. The molecule has 168 valence electrons. The fraction of sp³-hybridized carbons (Fsp3) is 0.500. The number of nitrogens with zero attached hydrogens (tertiary/aromatic N) is 3. The average molecular weight is 461 g/mol. The number of fused-ring (bicyclic) bond motifs is 1. The molecule has 0 bridgehead atoms. The average Bonchev–Trinajstić information content (AvgIpc) is 3.09. The molecule has 2 aliphatic heterocycles. The van der Waals surface area contributed by atoms with E-state index in [0.717, 1.165) is 17.3 Å². The van der Waals surface area contributed by atoms with Gasteiger partial charge in [0.15, 0.2) is 5.69 Å². The van der Waals surface area contributed by atoms with Crippen molar-refractivity contribution in [3.63, 3.8) is 0 Å². The van der Waals surface area contributed by atoms with Crippen molar-refractivity contribution in [1.29, 1.82) is 0 Å². The molecule has 1 N–H and O–H groups in total. The zero-order valence-corrected chi connectivity index (χ0v) is 17.3. The Bertz CT molecular complexity index is 973. The second-order valence-corrected chi connectivity index (χ2v) is 8.07. The van der Waals surface area contributed by atoms with Crippen molar-refractivity contribution >= 4 is 17.5 Å². The fourth-order valence-electron chi connectivity index (χ4n) is 3.94. The first-order valence-corrected chi connectivity index (χ1v) is 10.3. The summed E-state index contributed by atoms with van der Waals surface area (Å²) in [4.78, 5) is 14.2. The molecular weight excluding hydrogens is 440 g/mol. The van der Waals surface area contributed by atoms with Crippen molar-refractivity contribution in [2.24, 2.45) is 0 Å². The molecule has 1 aromatic carbocycles. The molecule has 1 fully saturated rings. The van der Waals surface area contributed by atoms with E-state index in [2.05, 4.69) is 10.4 Å². The molecule has 4 rings (SSSR count). The van der Waals surface area contributed by atoms with Crippen LogP contribution in [0.5, 0.6) is 0 Å². The van der Waals surface area contributed by atoms with Gasteiger partial charge in [-0.15, -0.1) is 0 Å². The number of hydrogen-bond donors (Lipinski definition) is 1. The Balaban J connectivity index is 1.59. The molecule has 0 radical (unpaired) electrons. The summed E-state index contributed by atoms with van der Waals surface area (Å²) in [6, 6.07) is 3.98. The molecule has 6 nitrogen and oxygen atoms in total. The van der Waals surface area contributed by atoms with E-state index in [1.165, 1.54) is 17.0 Å². The van der Waals surface area contributed by atoms with Crippen LogP contribution < -0.4 is 5.32 Å². The molecule has 0 aliphatic carbocycles. The van der Waals surface area contributed by atoms with Gasteiger partial charge in [-0.1, -0.05) is 17.7 Å². The molecule has 1 saturated heterocycles. The summed E-state index contributed by atoms with van der Waals surface area (Å²) < 4.78 is 61.6. The van der Waals surface area contributed by atoms with E-state index in [4.69, 9.17) is 16.3 Å². The van der Waals surface area contributed by atoms with E-state index in [1.54, 1.807) is 0 Å². The Kier molecular flexibility index (Phi) is 6.23. The second-order valence-electron chi connectivity index (χ2n) is 7.63. The van der Waals surface area contributed by atoms with Crippen LogP contribution in [-0.4, -0.2) is 52.9 Å². The van der Waals surface area contributed by atoms with Gasteiger partial charge in [0.05, 0.1) is 37.9 Å². The Morgan fingerprint density at radius 1 is 1.35 bits per heavy atom. The first-order valence-electron chi connectivity index (χ1n) is 9.92. The largest absolute Gasteiger partial charge is 0.435 e. The van der Waals surface area contributed by atoms with Crippen LogP contribution >= 0.6 is 11.6 Å². The van der Waals surface area contributed by atoms with Crippen molar-refractivity contribution in [3.05, 3.63) is 51.6 Å². The molecule has 1 atom stereocenters. The van der Waals surface area contributed by atoms with Gasteiger partial charge >= 0.3 is 6.18 Å². The van der Waals surface area contributed by atoms with Crippen molar-refractivity contribution < 1.29 is 27.1 Å². The maximum atomic E-state index is 14.2. The highest BCUT2D eigenvalue weighted by molar-refractivity contribution is 6.30. The Labute approximate surface area is 181 Å².